The average molecular weight is 220 g/mol. The first-order valence-electron chi connectivity index (χ1n) is 4.84. The predicted molar refractivity (Wildman–Crippen MR) is 58.4 cm³/mol. The van der Waals surface area contributed by atoms with E-state index in [0.29, 0.717) is 22.8 Å². The number of ketones is 1. The molecule has 0 radical (unpaired) electrons. The second-order valence-electron chi connectivity index (χ2n) is 3.60. The van der Waals surface area contributed by atoms with Gasteiger partial charge in [0, 0.05) is 5.56 Å². The van der Waals surface area contributed by atoms with Gasteiger partial charge in [0.1, 0.15) is 5.78 Å². The van der Waals surface area contributed by atoms with Gasteiger partial charge in [0.25, 0.3) is 0 Å². The molecular formula is C12H12O4. The normalized spacial score (nSPS) is 13.4. The first-order chi connectivity index (χ1) is 7.60. The molecule has 4 nitrogen and oxygen atoms in total. The van der Waals surface area contributed by atoms with Crippen molar-refractivity contribution >= 4 is 5.78 Å². The summed E-state index contributed by atoms with van der Waals surface area (Å²) in [6.45, 7) is 5.11. The Labute approximate surface area is 93.1 Å². The zero-order valence-electron chi connectivity index (χ0n) is 9.11. The van der Waals surface area contributed by atoms with Crippen molar-refractivity contribution in [2.45, 2.75) is 12.8 Å². The number of hydrogen-bond acceptors (Lipinski definition) is 4. The van der Waals surface area contributed by atoms with Crippen LogP contribution in [-0.4, -0.2) is 18.0 Å². The van der Waals surface area contributed by atoms with Crippen LogP contribution in [0.25, 0.3) is 0 Å². The Hall–Kier alpha value is -1.97. The Kier molecular flexibility index (Phi) is 2.34. The first-order valence-corrected chi connectivity index (χ1v) is 4.84. The number of carbonyl (C=O) groups excluding carboxylic acids is 1. The standard InChI is InChI=1S/C12H12O4/c1-4-7(6(2)13)8-5-9(15-3)10(14)12-11(8)16-12/h4-5,7,14H,1H2,2-3H3. The van der Waals surface area contributed by atoms with E-state index >= 15 is 0 Å². The van der Waals surface area contributed by atoms with Gasteiger partial charge in [-0.2, -0.15) is 0 Å². The van der Waals surface area contributed by atoms with Gasteiger partial charge in [-0.3, -0.25) is 4.79 Å². The summed E-state index contributed by atoms with van der Waals surface area (Å²) in [7, 11) is 1.45. The molecule has 1 aliphatic heterocycles. The van der Waals surface area contributed by atoms with Crippen LogP contribution in [0.15, 0.2) is 18.7 Å². The lowest BCUT2D eigenvalue weighted by molar-refractivity contribution is -0.117. The smallest absolute Gasteiger partial charge is 0.215 e. The highest BCUT2D eigenvalue weighted by molar-refractivity contribution is 5.88. The lowest BCUT2D eigenvalue weighted by atomic mass is 9.95. The minimum absolute atomic E-state index is 0.0207. The van der Waals surface area contributed by atoms with Crippen LogP contribution < -0.4 is 9.47 Å². The van der Waals surface area contributed by atoms with Crippen LogP contribution in [0.2, 0.25) is 0 Å². The number of Topliss-reactive ketones (excluding diaryl/α,β-unsaturated/α-hetero) is 1. The maximum Gasteiger partial charge on any atom is 0.215 e. The lowest BCUT2D eigenvalue weighted by Crippen LogP contribution is -2.04. The number of aromatic hydroxyl groups is 1. The third-order valence-electron chi connectivity index (χ3n) is 2.59. The van der Waals surface area contributed by atoms with E-state index in [1.165, 1.54) is 14.0 Å². The van der Waals surface area contributed by atoms with Crippen molar-refractivity contribution in [2.24, 2.45) is 0 Å². The largest absolute Gasteiger partial charge is 0.502 e. The summed E-state index contributed by atoms with van der Waals surface area (Å²) in [4.78, 5) is 11.4. The molecule has 0 amide bonds. The molecule has 1 N–H and O–H groups in total. The van der Waals surface area contributed by atoms with Crippen LogP contribution in [0.5, 0.6) is 23.0 Å². The summed E-state index contributed by atoms with van der Waals surface area (Å²) in [5, 5.41) is 9.61. The highest BCUT2D eigenvalue weighted by Gasteiger charge is 2.35. The number of phenolic OH excluding ortho intramolecular Hbond substituents is 1. The van der Waals surface area contributed by atoms with Crippen LogP contribution in [0.4, 0.5) is 0 Å². The number of allylic oxidation sites excluding steroid dienone is 1. The van der Waals surface area contributed by atoms with Gasteiger partial charge in [0.05, 0.1) is 13.0 Å². The van der Waals surface area contributed by atoms with E-state index in [9.17, 15) is 9.90 Å². The minimum Gasteiger partial charge on any atom is -0.502 e. The van der Waals surface area contributed by atoms with E-state index in [2.05, 4.69) is 6.58 Å². The van der Waals surface area contributed by atoms with Crippen molar-refractivity contribution < 1.29 is 19.4 Å². The van der Waals surface area contributed by atoms with Crippen molar-refractivity contribution in [3.05, 3.63) is 24.3 Å². The molecule has 1 unspecified atom stereocenters. The van der Waals surface area contributed by atoms with Crippen molar-refractivity contribution in [1.82, 2.24) is 0 Å². The number of benzene rings is 1. The number of rotatable bonds is 4. The van der Waals surface area contributed by atoms with Gasteiger partial charge in [-0.1, -0.05) is 6.08 Å². The number of methoxy groups -OCH3 is 1. The van der Waals surface area contributed by atoms with E-state index in [-0.39, 0.29) is 11.5 Å². The summed E-state index contributed by atoms with van der Waals surface area (Å²) in [5.74, 6) is 0.777. The fourth-order valence-electron chi connectivity index (χ4n) is 1.71. The van der Waals surface area contributed by atoms with Gasteiger partial charge in [0.15, 0.2) is 11.5 Å². The first kappa shape index (κ1) is 10.5. The Morgan fingerprint density at radius 2 is 2.31 bits per heavy atom. The molecule has 0 saturated heterocycles. The molecule has 84 valence electrons. The van der Waals surface area contributed by atoms with Crippen LogP contribution in [0.3, 0.4) is 0 Å². The topological polar surface area (TPSA) is 59.1 Å². The SMILES string of the molecule is C=CC(C(C)=O)c1cc(OC)c(O)c2c1O2. The third-order valence-corrected chi connectivity index (χ3v) is 2.59. The molecule has 1 aromatic carbocycles. The van der Waals surface area contributed by atoms with Gasteiger partial charge in [0.2, 0.25) is 11.5 Å². The van der Waals surface area contributed by atoms with Gasteiger partial charge in [-0.15, -0.1) is 6.58 Å². The summed E-state index contributed by atoms with van der Waals surface area (Å²) in [6, 6.07) is 1.61. The Morgan fingerprint density at radius 3 is 2.81 bits per heavy atom. The van der Waals surface area contributed by atoms with E-state index in [1.807, 2.05) is 0 Å². The fourth-order valence-corrected chi connectivity index (χ4v) is 1.71. The number of phenols is 1. The van der Waals surface area contributed by atoms with Gasteiger partial charge in [-0.25, -0.2) is 0 Å². The number of hydrogen-bond donors (Lipinski definition) is 1. The summed E-state index contributed by atoms with van der Waals surface area (Å²) in [5.41, 5.74) is 0.687. The molecule has 0 aromatic heterocycles. The molecule has 16 heavy (non-hydrogen) atoms. The summed E-state index contributed by atoms with van der Waals surface area (Å²) < 4.78 is 10.1. The molecule has 4 heteroatoms. The molecule has 0 aliphatic carbocycles. The molecular weight excluding hydrogens is 208 g/mol. The molecule has 2 rings (SSSR count). The van der Waals surface area contributed by atoms with E-state index in [0.717, 1.165) is 0 Å². The molecule has 1 atom stereocenters. The molecule has 0 spiro atoms. The molecule has 1 heterocycles. The molecule has 0 saturated carbocycles. The monoisotopic (exact) mass is 220 g/mol. The molecule has 0 bridgehead atoms. The third kappa shape index (κ3) is 1.43. The Balaban J connectivity index is 2.52. The Morgan fingerprint density at radius 1 is 1.62 bits per heavy atom. The molecule has 1 aliphatic rings. The predicted octanol–water partition coefficient (Wildman–Crippen LogP) is 2.37. The van der Waals surface area contributed by atoms with Gasteiger partial charge < -0.3 is 14.6 Å². The highest BCUT2D eigenvalue weighted by atomic mass is 16.6. The summed E-state index contributed by atoms with van der Waals surface area (Å²) >= 11 is 0. The van der Waals surface area contributed by atoms with Crippen LogP contribution >= 0.6 is 0 Å². The van der Waals surface area contributed by atoms with Crippen molar-refractivity contribution in [3.63, 3.8) is 0 Å². The summed E-state index contributed by atoms with van der Waals surface area (Å²) in [6.07, 6.45) is 1.55. The van der Waals surface area contributed by atoms with E-state index < -0.39 is 5.92 Å². The quantitative estimate of drug-likeness (QED) is 0.634. The maximum atomic E-state index is 11.4. The van der Waals surface area contributed by atoms with E-state index in [4.69, 9.17) is 9.47 Å². The zero-order valence-corrected chi connectivity index (χ0v) is 9.11. The molecule has 0 fully saturated rings. The van der Waals surface area contributed by atoms with E-state index in [1.54, 1.807) is 12.1 Å². The van der Waals surface area contributed by atoms with Crippen molar-refractivity contribution in [3.8, 4) is 23.0 Å². The average Bonchev–Trinajstić information content (AvgIpc) is 3.02. The van der Waals surface area contributed by atoms with Gasteiger partial charge in [-0.05, 0) is 13.0 Å². The van der Waals surface area contributed by atoms with Gasteiger partial charge >= 0.3 is 0 Å². The Bertz CT molecular complexity index is 476. The second-order valence-corrected chi connectivity index (χ2v) is 3.60. The van der Waals surface area contributed by atoms with Crippen molar-refractivity contribution in [1.29, 1.82) is 0 Å². The fraction of sp³-hybridized carbons (Fsp3) is 0.250. The highest BCUT2D eigenvalue weighted by Crippen LogP contribution is 2.60. The maximum absolute atomic E-state index is 11.4. The van der Waals surface area contributed by atoms with Crippen LogP contribution in [0.1, 0.15) is 18.4 Å². The zero-order chi connectivity index (χ0) is 11.9. The molecule has 1 aromatic rings. The second kappa shape index (κ2) is 3.56. The van der Waals surface area contributed by atoms with Crippen LogP contribution in [0, 0.1) is 0 Å². The number of ether oxygens (including phenoxy) is 2. The minimum atomic E-state index is -0.425. The number of fused-ring (bicyclic) bond motifs is 1. The number of carbonyl (C=O) groups is 1. The van der Waals surface area contributed by atoms with Crippen LogP contribution in [-0.2, 0) is 4.79 Å². The van der Waals surface area contributed by atoms with Crippen molar-refractivity contribution in [2.75, 3.05) is 7.11 Å². The lowest BCUT2D eigenvalue weighted by Gasteiger charge is -2.08.